The molecule has 1 aliphatic rings. The van der Waals surface area contributed by atoms with Gasteiger partial charge in [-0.15, -0.1) is 11.8 Å². The van der Waals surface area contributed by atoms with Gasteiger partial charge in [0, 0.05) is 10.6 Å². The SMILES string of the molecule is COc1ccc(SCC2(CC(=O)O)CC2)cc1. The Morgan fingerprint density at radius 2 is 2.06 bits per heavy atom. The summed E-state index contributed by atoms with van der Waals surface area (Å²) in [5.41, 5.74) is 0.0520. The minimum atomic E-state index is -0.683. The van der Waals surface area contributed by atoms with Crippen molar-refractivity contribution in [3.8, 4) is 5.75 Å². The number of carboxylic acid groups (broad SMARTS) is 1. The molecule has 17 heavy (non-hydrogen) atoms. The fourth-order valence-corrected chi connectivity index (χ4v) is 2.97. The van der Waals surface area contributed by atoms with Crippen molar-refractivity contribution >= 4 is 17.7 Å². The van der Waals surface area contributed by atoms with Crippen molar-refractivity contribution < 1.29 is 14.6 Å². The minimum Gasteiger partial charge on any atom is -0.497 e. The standard InChI is InChI=1S/C13H16O3S/c1-16-10-2-4-11(5-3-10)17-9-13(6-7-13)8-12(14)15/h2-5H,6-9H2,1H3,(H,14,15). The number of hydrogen-bond donors (Lipinski definition) is 1. The molecule has 1 aliphatic carbocycles. The largest absolute Gasteiger partial charge is 0.497 e. The molecule has 2 rings (SSSR count). The lowest BCUT2D eigenvalue weighted by Crippen LogP contribution is -2.10. The summed E-state index contributed by atoms with van der Waals surface area (Å²) >= 11 is 1.73. The molecular weight excluding hydrogens is 236 g/mol. The third-order valence-electron chi connectivity index (χ3n) is 3.09. The highest BCUT2D eigenvalue weighted by Crippen LogP contribution is 2.51. The molecular formula is C13H16O3S. The zero-order valence-corrected chi connectivity index (χ0v) is 10.6. The fraction of sp³-hybridized carbons (Fsp3) is 0.462. The van der Waals surface area contributed by atoms with E-state index in [2.05, 4.69) is 0 Å². The first-order valence-corrected chi connectivity index (χ1v) is 6.61. The van der Waals surface area contributed by atoms with E-state index in [0.717, 1.165) is 24.3 Å². The number of carboxylic acids is 1. The molecule has 1 aromatic rings. The van der Waals surface area contributed by atoms with Crippen LogP contribution in [0, 0.1) is 5.41 Å². The molecule has 1 N–H and O–H groups in total. The molecule has 1 fully saturated rings. The maximum Gasteiger partial charge on any atom is 0.303 e. The van der Waals surface area contributed by atoms with Crippen molar-refractivity contribution in [1.82, 2.24) is 0 Å². The number of ether oxygens (including phenoxy) is 1. The zero-order chi connectivity index (χ0) is 12.3. The van der Waals surface area contributed by atoms with E-state index in [9.17, 15) is 4.79 Å². The van der Waals surface area contributed by atoms with E-state index < -0.39 is 5.97 Å². The number of methoxy groups -OCH3 is 1. The van der Waals surface area contributed by atoms with Gasteiger partial charge in [-0.05, 0) is 42.5 Å². The predicted molar refractivity (Wildman–Crippen MR) is 67.6 cm³/mol. The van der Waals surface area contributed by atoms with Gasteiger partial charge >= 0.3 is 5.97 Å². The van der Waals surface area contributed by atoms with Gasteiger partial charge in [0.25, 0.3) is 0 Å². The maximum absolute atomic E-state index is 10.7. The van der Waals surface area contributed by atoms with Gasteiger partial charge in [-0.2, -0.15) is 0 Å². The molecule has 0 unspecified atom stereocenters. The first-order chi connectivity index (χ1) is 8.13. The third-order valence-corrected chi connectivity index (χ3v) is 4.45. The van der Waals surface area contributed by atoms with Crippen molar-refractivity contribution in [1.29, 1.82) is 0 Å². The van der Waals surface area contributed by atoms with Crippen LogP contribution in [0.1, 0.15) is 19.3 Å². The van der Waals surface area contributed by atoms with Crippen LogP contribution in [0.2, 0.25) is 0 Å². The molecule has 0 aliphatic heterocycles. The van der Waals surface area contributed by atoms with E-state index in [1.807, 2.05) is 24.3 Å². The monoisotopic (exact) mass is 252 g/mol. The van der Waals surface area contributed by atoms with Crippen LogP contribution in [0.15, 0.2) is 29.2 Å². The van der Waals surface area contributed by atoms with Gasteiger partial charge in [0.15, 0.2) is 0 Å². The Hall–Kier alpha value is -1.16. The summed E-state index contributed by atoms with van der Waals surface area (Å²) in [5.74, 6) is 1.06. The highest BCUT2D eigenvalue weighted by atomic mass is 32.2. The summed E-state index contributed by atoms with van der Waals surface area (Å²) in [6, 6.07) is 7.89. The Labute approximate surface area is 105 Å². The fourth-order valence-electron chi connectivity index (χ4n) is 1.78. The molecule has 0 spiro atoms. The lowest BCUT2D eigenvalue weighted by molar-refractivity contribution is -0.138. The molecule has 1 aromatic carbocycles. The lowest BCUT2D eigenvalue weighted by atomic mass is 10.1. The van der Waals surface area contributed by atoms with Crippen LogP contribution in [0.4, 0.5) is 0 Å². The smallest absolute Gasteiger partial charge is 0.303 e. The van der Waals surface area contributed by atoms with Gasteiger partial charge in [0.1, 0.15) is 5.75 Å². The normalized spacial score (nSPS) is 16.5. The Kier molecular flexibility index (Phi) is 3.62. The summed E-state index contributed by atoms with van der Waals surface area (Å²) < 4.78 is 5.09. The van der Waals surface area contributed by atoms with Gasteiger partial charge < -0.3 is 9.84 Å². The minimum absolute atomic E-state index is 0.0520. The highest BCUT2D eigenvalue weighted by Gasteiger charge is 2.44. The second kappa shape index (κ2) is 5.00. The molecule has 0 amide bonds. The van der Waals surface area contributed by atoms with Crippen molar-refractivity contribution in [3.63, 3.8) is 0 Å². The number of rotatable bonds is 6. The second-order valence-corrected chi connectivity index (χ2v) is 5.58. The Bertz CT molecular complexity index is 396. The zero-order valence-electron chi connectivity index (χ0n) is 9.81. The molecule has 3 nitrogen and oxygen atoms in total. The third kappa shape index (κ3) is 3.40. The molecule has 92 valence electrons. The van der Waals surface area contributed by atoms with E-state index in [4.69, 9.17) is 9.84 Å². The Balaban J connectivity index is 1.87. The van der Waals surface area contributed by atoms with Crippen molar-refractivity contribution in [3.05, 3.63) is 24.3 Å². The predicted octanol–water partition coefficient (Wildman–Crippen LogP) is 3.04. The Morgan fingerprint density at radius 3 is 2.53 bits per heavy atom. The van der Waals surface area contributed by atoms with E-state index in [-0.39, 0.29) is 5.41 Å². The number of carbonyl (C=O) groups is 1. The number of benzene rings is 1. The van der Waals surface area contributed by atoms with Crippen LogP contribution in [0.25, 0.3) is 0 Å². The van der Waals surface area contributed by atoms with Gasteiger partial charge in [0.2, 0.25) is 0 Å². The molecule has 0 radical (unpaired) electrons. The topological polar surface area (TPSA) is 46.5 Å². The second-order valence-electron chi connectivity index (χ2n) is 4.53. The summed E-state index contributed by atoms with van der Waals surface area (Å²) in [6.45, 7) is 0. The quantitative estimate of drug-likeness (QED) is 0.790. The molecule has 0 saturated heterocycles. The maximum atomic E-state index is 10.7. The average molecular weight is 252 g/mol. The Morgan fingerprint density at radius 1 is 1.41 bits per heavy atom. The number of thioether (sulfide) groups is 1. The van der Waals surface area contributed by atoms with Crippen LogP contribution in [0.5, 0.6) is 5.75 Å². The summed E-state index contributed by atoms with van der Waals surface area (Å²) in [5, 5.41) is 8.83. The van der Waals surface area contributed by atoms with Gasteiger partial charge in [-0.25, -0.2) is 0 Å². The summed E-state index contributed by atoms with van der Waals surface area (Å²) in [6.07, 6.45) is 2.39. The molecule has 4 heteroatoms. The average Bonchev–Trinajstić information content (AvgIpc) is 3.06. The molecule has 0 aromatic heterocycles. The van der Waals surface area contributed by atoms with Gasteiger partial charge in [-0.1, -0.05) is 0 Å². The van der Waals surface area contributed by atoms with Crippen molar-refractivity contribution in [2.24, 2.45) is 5.41 Å². The summed E-state index contributed by atoms with van der Waals surface area (Å²) in [7, 11) is 1.65. The van der Waals surface area contributed by atoms with Crippen LogP contribution in [-0.4, -0.2) is 23.9 Å². The van der Waals surface area contributed by atoms with Crippen LogP contribution in [-0.2, 0) is 4.79 Å². The molecule has 0 bridgehead atoms. The number of aliphatic carboxylic acids is 1. The van der Waals surface area contributed by atoms with Gasteiger partial charge in [-0.3, -0.25) is 4.79 Å². The van der Waals surface area contributed by atoms with Crippen LogP contribution < -0.4 is 4.74 Å². The number of hydrogen-bond acceptors (Lipinski definition) is 3. The lowest BCUT2D eigenvalue weighted by Gasteiger charge is -2.11. The van der Waals surface area contributed by atoms with E-state index in [0.29, 0.717) is 6.42 Å². The summed E-state index contributed by atoms with van der Waals surface area (Å²) in [4.78, 5) is 11.9. The van der Waals surface area contributed by atoms with E-state index in [1.165, 1.54) is 4.90 Å². The van der Waals surface area contributed by atoms with Gasteiger partial charge in [0.05, 0.1) is 13.5 Å². The first-order valence-electron chi connectivity index (χ1n) is 5.62. The van der Waals surface area contributed by atoms with E-state index in [1.54, 1.807) is 18.9 Å². The van der Waals surface area contributed by atoms with Crippen molar-refractivity contribution in [2.75, 3.05) is 12.9 Å². The first kappa shape index (κ1) is 12.3. The van der Waals surface area contributed by atoms with E-state index >= 15 is 0 Å². The molecule has 0 heterocycles. The molecule has 0 atom stereocenters. The van der Waals surface area contributed by atoms with Crippen molar-refractivity contribution in [2.45, 2.75) is 24.2 Å². The van der Waals surface area contributed by atoms with Crippen LogP contribution in [0.3, 0.4) is 0 Å². The van der Waals surface area contributed by atoms with Crippen LogP contribution >= 0.6 is 11.8 Å². The molecule has 1 saturated carbocycles. The highest BCUT2D eigenvalue weighted by molar-refractivity contribution is 7.99.